The molecule has 2 aromatic carbocycles. The minimum Gasteiger partial charge on any atom is -0.126 e. The van der Waals surface area contributed by atoms with Crippen molar-refractivity contribution >= 4 is 28.4 Å². The summed E-state index contributed by atoms with van der Waals surface area (Å²) < 4.78 is 0. The van der Waals surface area contributed by atoms with Crippen LogP contribution in [0, 0.1) is 0 Å². The zero-order valence-electron chi connectivity index (χ0n) is 8.49. The van der Waals surface area contributed by atoms with Gasteiger partial charge >= 0.3 is 0 Å². The maximum atomic E-state index is 5.61. The average molecular weight is 217 g/mol. The summed E-state index contributed by atoms with van der Waals surface area (Å²) in [6.45, 7) is 0. The number of alkyl halides is 1. The Labute approximate surface area is 95.2 Å². The lowest BCUT2D eigenvalue weighted by Crippen LogP contribution is -1.75. The number of hydrogen-bond donors (Lipinski definition) is 0. The van der Waals surface area contributed by atoms with E-state index in [0.29, 0.717) is 5.88 Å². The lowest BCUT2D eigenvalue weighted by molar-refractivity contribution is 1.24. The molecule has 0 saturated carbocycles. The molecule has 0 nitrogen and oxygen atoms in total. The van der Waals surface area contributed by atoms with Crippen LogP contribution in [0.3, 0.4) is 0 Å². The summed E-state index contributed by atoms with van der Waals surface area (Å²) in [5.74, 6) is 0.685. The normalized spacial score (nSPS) is 11.3. The average Bonchev–Trinajstić information content (AvgIpc) is 2.29. The van der Waals surface area contributed by atoms with E-state index < -0.39 is 0 Å². The Morgan fingerprint density at radius 1 is 1.00 bits per heavy atom. The van der Waals surface area contributed by atoms with Crippen LogP contribution in [0.15, 0.2) is 48.5 Å². The smallest absolute Gasteiger partial charge is 0.0258 e. The van der Waals surface area contributed by atoms with Gasteiger partial charge in [0.1, 0.15) is 0 Å². The highest BCUT2D eigenvalue weighted by molar-refractivity contribution is 6.17. The van der Waals surface area contributed by atoms with Gasteiger partial charge in [0, 0.05) is 5.88 Å². The zero-order chi connectivity index (χ0) is 10.5. The van der Waals surface area contributed by atoms with Crippen molar-refractivity contribution in [1.29, 1.82) is 0 Å². The molecule has 2 rings (SSSR count). The van der Waals surface area contributed by atoms with E-state index in [4.69, 9.17) is 11.6 Å². The van der Waals surface area contributed by atoms with E-state index in [1.165, 1.54) is 16.3 Å². The largest absolute Gasteiger partial charge is 0.126 e. The second-order valence-corrected chi connectivity index (χ2v) is 3.86. The zero-order valence-corrected chi connectivity index (χ0v) is 9.24. The Balaban J connectivity index is 2.30. The number of hydrogen-bond acceptors (Lipinski definition) is 0. The van der Waals surface area contributed by atoms with E-state index in [2.05, 4.69) is 54.6 Å². The van der Waals surface area contributed by atoms with Crippen LogP contribution in [0.2, 0.25) is 0 Å². The topological polar surface area (TPSA) is 0 Å². The van der Waals surface area contributed by atoms with Crippen molar-refractivity contribution < 1.29 is 0 Å². The Hall–Kier alpha value is -1.27. The summed E-state index contributed by atoms with van der Waals surface area (Å²) in [6, 6.07) is 14.9. The standard InChI is InChI=1S/C14H13Cl/c15-10-4-3-5-12-8-9-13-6-1-2-7-14(13)11-12/h1-3,5-9,11H,4,10H2. The molecule has 76 valence electrons. The van der Waals surface area contributed by atoms with E-state index in [-0.39, 0.29) is 0 Å². The van der Waals surface area contributed by atoms with Crippen LogP contribution in [0.25, 0.3) is 16.8 Å². The molecule has 2 aromatic rings. The van der Waals surface area contributed by atoms with Crippen molar-refractivity contribution in [3.05, 3.63) is 54.1 Å². The molecule has 0 amide bonds. The van der Waals surface area contributed by atoms with Crippen molar-refractivity contribution in [2.75, 3.05) is 5.88 Å². The van der Waals surface area contributed by atoms with E-state index >= 15 is 0 Å². The van der Waals surface area contributed by atoms with Gasteiger partial charge in [-0.05, 0) is 28.8 Å². The van der Waals surface area contributed by atoms with E-state index in [1.54, 1.807) is 0 Å². The van der Waals surface area contributed by atoms with E-state index in [9.17, 15) is 0 Å². The van der Waals surface area contributed by atoms with Gasteiger partial charge in [-0.1, -0.05) is 48.6 Å². The van der Waals surface area contributed by atoms with Gasteiger partial charge in [-0.3, -0.25) is 0 Å². The molecule has 0 fully saturated rings. The fourth-order valence-electron chi connectivity index (χ4n) is 1.59. The fourth-order valence-corrected chi connectivity index (χ4v) is 1.72. The third-order valence-electron chi connectivity index (χ3n) is 2.36. The lowest BCUT2D eigenvalue weighted by Gasteiger charge is -1.98. The monoisotopic (exact) mass is 216 g/mol. The molecule has 15 heavy (non-hydrogen) atoms. The first kappa shape index (κ1) is 10.3. The second kappa shape index (κ2) is 4.99. The molecule has 0 heterocycles. The molecule has 0 saturated heterocycles. The van der Waals surface area contributed by atoms with Crippen molar-refractivity contribution in [2.24, 2.45) is 0 Å². The summed E-state index contributed by atoms with van der Waals surface area (Å²) in [6.07, 6.45) is 5.15. The van der Waals surface area contributed by atoms with E-state index in [0.717, 1.165) is 6.42 Å². The number of halogens is 1. The highest BCUT2D eigenvalue weighted by atomic mass is 35.5. The molecule has 0 unspecified atom stereocenters. The third-order valence-corrected chi connectivity index (χ3v) is 2.58. The van der Waals surface area contributed by atoms with Crippen LogP contribution < -0.4 is 0 Å². The first-order valence-electron chi connectivity index (χ1n) is 5.11. The van der Waals surface area contributed by atoms with Crippen LogP contribution in [0.5, 0.6) is 0 Å². The lowest BCUT2D eigenvalue weighted by atomic mass is 10.1. The molecule has 0 aliphatic carbocycles. The minimum absolute atomic E-state index is 0.685. The molecule has 0 atom stereocenters. The van der Waals surface area contributed by atoms with Gasteiger partial charge in [-0.25, -0.2) is 0 Å². The summed E-state index contributed by atoms with van der Waals surface area (Å²) in [5.41, 5.74) is 1.24. The van der Waals surface area contributed by atoms with Gasteiger partial charge in [0.05, 0.1) is 0 Å². The van der Waals surface area contributed by atoms with Crippen LogP contribution in [-0.2, 0) is 0 Å². The van der Waals surface area contributed by atoms with Gasteiger partial charge in [0.15, 0.2) is 0 Å². The SMILES string of the molecule is ClCCC=Cc1ccc2ccccc2c1. The summed E-state index contributed by atoms with van der Waals surface area (Å²) in [4.78, 5) is 0. The molecule has 0 aliphatic heterocycles. The van der Waals surface area contributed by atoms with Crippen molar-refractivity contribution in [2.45, 2.75) is 6.42 Å². The Morgan fingerprint density at radius 3 is 2.60 bits per heavy atom. The van der Waals surface area contributed by atoms with Crippen LogP contribution >= 0.6 is 11.6 Å². The number of rotatable bonds is 3. The second-order valence-electron chi connectivity index (χ2n) is 3.49. The predicted molar refractivity (Wildman–Crippen MR) is 68.3 cm³/mol. The molecule has 0 aliphatic rings. The molecular weight excluding hydrogens is 204 g/mol. The maximum absolute atomic E-state index is 5.61. The van der Waals surface area contributed by atoms with Gasteiger partial charge < -0.3 is 0 Å². The molecule has 0 N–H and O–H groups in total. The first-order valence-corrected chi connectivity index (χ1v) is 5.65. The first-order chi connectivity index (χ1) is 7.40. The van der Waals surface area contributed by atoms with Crippen LogP contribution in [0.1, 0.15) is 12.0 Å². The summed E-state index contributed by atoms with van der Waals surface area (Å²) >= 11 is 5.61. The molecule has 0 bridgehead atoms. The summed E-state index contributed by atoms with van der Waals surface area (Å²) in [5, 5.41) is 2.57. The Kier molecular flexibility index (Phi) is 3.41. The predicted octanol–water partition coefficient (Wildman–Crippen LogP) is 4.48. The third kappa shape index (κ3) is 2.60. The fraction of sp³-hybridized carbons (Fsp3) is 0.143. The number of fused-ring (bicyclic) bond motifs is 1. The molecule has 0 spiro atoms. The minimum atomic E-state index is 0.685. The Morgan fingerprint density at radius 2 is 1.80 bits per heavy atom. The van der Waals surface area contributed by atoms with Crippen LogP contribution in [-0.4, -0.2) is 5.88 Å². The molecule has 0 aromatic heterocycles. The van der Waals surface area contributed by atoms with Gasteiger partial charge in [0.25, 0.3) is 0 Å². The summed E-state index contributed by atoms with van der Waals surface area (Å²) in [7, 11) is 0. The highest BCUT2D eigenvalue weighted by Crippen LogP contribution is 2.16. The van der Waals surface area contributed by atoms with Crippen molar-refractivity contribution in [1.82, 2.24) is 0 Å². The van der Waals surface area contributed by atoms with Gasteiger partial charge in [-0.15, -0.1) is 11.6 Å². The molecule has 1 heteroatoms. The van der Waals surface area contributed by atoms with Crippen molar-refractivity contribution in [3.8, 4) is 0 Å². The molecule has 0 radical (unpaired) electrons. The van der Waals surface area contributed by atoms with Gasteiger partial charge in [0.2, 0.25) is 0 Å². The number of allylic oxidation sites excluding steroid dienone is 1. The van der Waals surface area contributed by atoms with Crippen molar-refractivity contribution in [3.63, 3.8) is 0 Å². The number of benzene rings is 2. The quantitative estimate of drug-likeness (QED) is 0.664. The van der Waals surface area contributed by atoms with Gasteiger partial charge in [-0.2, -0.15) is 0 Å². The maximum Gasteiger partial charge on any atom is 0.0258 e. The molecular formula is C14H13Cl. The highest BCUT2D eigenvalue weighted by Gasteiger charge is 1.92. The Bertz CT molecular complexity index is 471. The van der Waals surface area contributed by atoms with Crippen LogP contribution in [0.4, 0.5) is 0 Å². The van der Waals surface area contributed by atoms with E-state index in [1.807, 2.05) is 0 Å².